The van der Waals surface area contributed by atoms with Gasteiger partial charge in [-0.3, -0.25) is 24.3 Å². The van der Waals surface area contributed by atoms with Crippen molar-refractivity contribution in [2.24, 2.45) is 14.1 Å². The number of nitrogens with zero attached hydrogens (tertiary/aromatic N) is 5. The highest BCUT2D eigenvalue weighted by Crippen LogP contribution is 2.23. The van der Waals surface area contributed by atoms with Crippen LogP contribution in [0.25, 0.3) is 0 Å². The third-order valence-corrected chi connectivity index (χ3v) is 3.09. The topological polar surface area (TPSA) is 145 Å². The normalized spacial score (nSPS) is 10.5. The van der Waals surface area contributed by atoms with Crippen molar-refractivity contribution in [3.8, 4) is 0 Å². The fraction of sp³-hybridized carbons (Fsp3) is 0.273. The summed E-state index contributed by atoms with van der Waals surface area (Å²) in [5, 5.41) is 29.9. The van der Waals surface area contributed by atoms with Gasteiger partial charge in [0.05, 0.1) is 16.8 Å². The van der Waals surface area contributed by atoms with Crippen LogP contribution >= 0.6 is 0 Å². The van der Waals surface area contributed by atoms with Gasteiger partial charge >= 0.3 is 11.7 Å². The van der Waals surface area contributed by atoms with Gasteiger partial charge in [-0.25, -0.2) is 4.79 Å². The van der Waals surface area contributed by atoms with Crippen molar-refractivity contribution in [1.29, 1.82) is 0 Å². The number of hydrogen-bond donors (Lipinski definition) is 2. The van der Waals surface area contributed by atoms with Crippen molar-refractivity contribution in [2.75, 3.05) is 5.32 Å². The number of aryl methyl sites for hydroxylation is 2. The molecule has 2 heterocycles. The lowest BCUT2D eigenvalue weighted by molar-refractivity contribution is -0.385. The minimum atomic E-state index is -1.29. The average Bonchev–Trinajstić information content (AvgIpc) is 2.91. The number of carbonyl (C=O) groups excluding carboxylic acids is 1. The van der Waals surface area contributed by atoms with Crippen LogP contribution in [-0.2, 0) is 14.1 Å². The van der Waals surface area contributed by atoms with E-state index in [1.54, 1.807) is 0 Å². The lowest BCUT2D eigenvalue weighted by Crippen LogP contribution is -2.17. The molecule has 0 bridgehead atoms. The van der Waals surface area contributed by atoms with Crippen molar-refractivity contribution in [2.45, 2.75) is 6.92 Å². The van der Waals surface area contributed by atoms with Gasteiger partial charge in [-0.2, -0.15) is 10.2 Å². The summed E-state index contributed by atoms with van der Waals surface area (Å²) in [5.41, 5.74) is -0.938. The molecule has 0 aromatic carbocycles. The van der Waals surface area contributed by atoms with Crippen molar-refractivity contribution in [3.63, 3.8) is 0 Å². The first-order valence-electron chi connectivity index (χ1n) is 5.98. The zero-order chi connectivity index (χ0) is 16.6. The number of amides is 1. The van der Waals surface area contributed by atoms with E-state index in [0.717, 1.165) is 10.9 Å². The molecule has 0 unspecified atom stereocenters. The van der Waals surface area contributed by atoms with Crippen LogP contribution < -0.4 is 5.32 Å². The lowest BCUT2D eigenvalue weighted by atomic mass is 10.2. The number of carboxylic acid groups (broad SMARTS) is 1. The standard InChI is InChI=1S/C11H12N6O5/c1-5-8(17(21)22)7(14-15(5)2)10(18)13-6-4-12-16(3)9(6)11(19)20/h4H,1-3H3,(H,13,18)(H,19,20). The van der Waals surface area contributed by atoms with Crippen molar-refractivity contribution < 1.29 is 19.6 Å². The highest BCUT2D eigenvalue weighted by Gasteiger charge is 2.30. The molecule has 0 atom stereocenters. The highest BCUT2D eigenvalue weighted by atomic mass is 16.6. The number of nitro groups is 1. The van der Waals surface area contributed by atoms with Crippen LogP contribution in [0, 0.1) is 17.0 Å². The van der Waals surface area contributed by atoms with E-state index < -0.39 is 28.2 Å². The molecule has 0 fully saturated rings. The minimum Gasteiger partial charge on any atom is -0.476 e. The molecule has 11 nitrogen and oxygen atoms in total. The van der Waals surface area contributed by atoms with Gasteiger partial charge in [-0.15, -0.1) is 0 Å². The Labute approximate surface area is 123 Å². The Balaban J connectivity index is 2.41. The van der Waals surface area contributed by atoms with Gasteiger partial charge in [-0.05, 0) is 6.92 Å². The molecule has 2 aromatic heterocycles. The van der Waals surface area contributed by atoms with Crippen molar-refractivity contribution in [3.05, 3.63) is 33.4 Å². The zero-order valence-corrected chi connectivity index (χ0v) is 11.9. The van der Waals surface area contributed by atoms with E-state index in [0.29, 0.717) is 0 Å². The number of hydrogen-bond acceptors (Lipinski definition) is 6. The number of carbonyl (C=O) groups is 2. The Kier molecular flexibility index (Phi) is 3.63. The summed E-state index contributed by atoms with van der Waals surface area (Å²) in [6.07, 6.45) is 1.14. The second-order valence-electron chi connectivity index (χ2n) is 4.45. The Bertz CT molecular complexity index is 789. The van der Waals surface area contributed by atoms with Gasteiger partial charge in [0.25, 0.3) is 5.91 Å². The number of aromatic carboxylic acids is 1. The third kappa shape index (κ3) is 2.39. The van der Waals surface area contributed by atoms with E-state index in [1.165, 1.54) is 25.7 Å². The van der Waals surface area contributed by atoms with Gasteiger partial charge in [0.1, 0.15) is 5.69 Å². The van der Waals surface area contributed by atoms with Gasteiger partial charge in [0, 0.05) is 14.1 Å². The molecule has 0 aliphatic heterocycles. The quantitative estimate of drug-likeness (QED) is 0.611. The first kappa shape index (κ1) is 15.2. The molecule has 11 heteroatoms. The SMILES string of the molecule is Cc1c([N+](=O)[O-])c(C(=O)Nc2cnn(C)c2C(=O)O)nn1C. The molecule has 0 saturated carbocycles. The predicted molar refractivity (Wildman–Crippen MR) is 72.7 cm³/mol. The molecule has 2 N–H and O–H groups in total. The van der Waals surface area contributed by atoms with Crippen LogP contribution in [0.5, 0.6) is 0 Å². The Hall–Kier alpha value is -3.24. The first-order valence-corrected chi connectivity index (χ1v) is 5.98. The largest absolute Gasteiger partial charge is 0.476 e. The van der Waals surface area contributed by atoms with Crippen molar-refractivity contribution >= 4 is 23.3 Å². The smallest absolute Gasteiger partial charge is 0.356 e. The fourth-order valence-corrected chi connectivity index (χ4v) is 1.93. The minimum absolute atomic E-state index is 0.0717. The predicted octanol–water partition coefficient (Wildman–Crippen LogP) is 0.321. The summed E-state index contributed by atoms with van der Waals surface area (Å²) < 4.78 is 2.27. The summed E-state index contributed by atoms with van der Waals surface area (Å²) >= 11 is 0. The van der Waals surface area contributed by atoms with E-state index >= 15 is 0 Å². The maximum Gasteiger partial charge on any atom is 0.356 e. The molecular weight excluding hydrogens is 296 g/mol. The molecule has 0 spiro atoms. The molecule has 0 radical (unpaired) electrons. The molecular formula is C11H12N6O5. The maximum absolute atomic E-state index is 12.2. The van der Waals surface area contributed by atoms with Crippen LogP contribution in [-0.4, -0.2) is 41.5 Å². The highest BCUT2D eigenvalue weighted by molar-refractivity contribution is 6.08. The third-order valence-electron chi connectivity index (χ3n) is 3.09. The number of nitrogens with one attached hydrogen (secondary N) is 1. The van der Waals surface area contributed by atoms with Gasteiger partial charge < -0.3 is 10.4 Å². The van der Waals surface area contributed by atoms with E-state index in [1.807, 2.05) is 0 Å². The first-order chi connectivity index (χ1) is 10.2. The summed E-state index contributed by atoms with van der Waals surface area (Å²) in [4.78, 5) is 33.6. The van der Waals surface area contributed by atoms with Crippen LogP contribution in [0.15, 0.2) is 6.20 Å². The molecule has 1 amide bonds. The van der Waals surface area contributed by atoms with Gasteiger partial charge in [-0.1, -0.05) is 0 Å². The van der Waals surface area contributed by atoms with E-state index in [-0.39, 0.29) is 17.1 Å². The molecule has 0 aliphatic carbocycles. The van der Waals surface area contributed by atoms with Crippen molar-refractivity contribution in [1.82, 2.24) is 19.6 Å². The molecule has 116 valence electrons. The summed E-state index contributed by atoms with van der Waals surface area (Å²) in [6, 6.07) is 0. The van der Waals surface area contributed by atoms with Crippen LogP contribution in [0.1, 0.15) is 26.7 Å². The second kappa shape index (κ2) is 5.27. The maximum atomic E-state index is 12.2. The van der Waals surface area contributed by atoms with E-state index in [4.69, 9.17) is 5.11 Å². The fourth-order valence-electron chi connectivity index (χ4n) is 1.93. The number of rotatable bonds is 4. The molecule has 0 aliphatic rings. The molecule has 22 heavy (non-hydrogen) atoms. The van der Waals surface area contributed by atoms with E-state index in [2.05, 4.69) is 15.5 Å². The van der Waals surface area contributed by atoms with Crippen LogP contribution in [0.3, 0.4) is 0 Å². The van der Waals surface area contributed by atoms with Gasteiger partial charge in [0.2, 0.25) is 5.69 Å². The van der Waals surface area contributed by atoms with Crippen LogP contribution in [0.4, 0.5) is 11.4 Å². The molecule has 2 aromatic rings. The summed E-state index contributed by atoms with van der Waals surface area (Å²) in [7, 11) is 2.86. The Morgan fingerprint density at radius 1 is 1.36 bits per heavy atom. The van der Waals surface area contributed by atoms with Crippen LogP contribution in [0.2, 0.25) is 0 Å². The van der Waals surface area contributed by atoms with Gasteiger partial charge in [0.15, 0.2) is 5.69 Å². The Morgan fingerprint density at radius 3 is 2.55 bits per heavy atom. The number of carboxylic acids is 1. The zero-order valence-electron chi connectivity index (χ0n) is 11.9. The monoisotopic (exact) mass is 308 g/mol. The molecule has 0 saturated heterocycles. The number of anilines is 1. The Morgan fingerprint density at radius 2 is 2.00 bits per heavy atom. The number of aromatic nitrogens is 4. The average molecular weight is 308 g/mol. The molecule has 2 rings (SSSR count). The lowest BCUT2D eigenvalue weighted by Gasteiger charge is -2.02. The van der Waals surface area contributed by atoms with E-state index in [9.17, 15) is 19.7 Å². The second-order valence-corrected chi connectivity index (χ2v) is 4.45. The summed E-state index contributed by atoms with van der Waals surface area (Å²) in [5.74, 6) is -2.17. The summed E-state index contributed by atoms with van der Waals surface area (Å²) in [6.45, 7) is 1.45.